The Morgan fingerprint density at radius 1 is 0.559 bits per heavy atom. The Morgan fingerprint density at radius 2 is 1.09 bits per heavy atom. The molecule has 3 aliphatic carbocycles. The number of hydrogen-bond acceptors (Lipinski definition) is 2. The molecule has 0 saturated heterocycles. The quantitative estimate of drug-likeness (QED) is 0.272. The standard InChI is InChI=1S/C30H22N4/c1-2-4-24-23(3-1)25-11-12-26(24)30-28-16-22-10-8-20(33-22)14-18-6-5-17(31-18)13-19-7-9-21(32-19)15-27(34-28)29(25)30/h1-10,13-16,25-26,31-32H,11-12H2. The molecule has 10 bridgehead atoms. The van der Waals surface area contributed by atoms with Crippen LogP contribution in [0.5, 0.6) is 0 Å². The molecule has 1 aromatic carbocycles. The number of nitrogens with zero attached hydrogens (tertiary/aromatic N) is 2. The second kappa shape index (κ2) is 6.67. The Balaban J connectivity index is 1.45. The van der Waals surface area contributed by atoms with Gasteiger partial charge in [-0.05, 0) is 95.8 Å². The third-order valence-electron chi connectivity index (χ3n) is 7.61. The molecule has 9 rings (SSSR count). The van der Waals surface area contributed by atoms with Gasteiger partial charge in [-0.15, -0.1) is 0 Å². The van der Waals surface area contributed by atoms with Crippen LogP contribution in [-0.4, -0.2) is 19.9 Å². The second-order valence-electron chi connectivity index (χ2n) is 9.63. The van der Waals surface area contributed by atoms with Gasteiger partial charge in [0, 0.05) is 33.9 Å². The van der Waals surface area contributed by atoms with Crippen LogP contribution in [-0.2, 0) is 0 Å². The number of H-pyrrole nitrogens is 2. The summed E-state index contributed by atoms with van der Waals surface area (Å²) in [6.07, 6.45) is 6.54. The van der Waals surface area contributed by atoms with Crippen molar-refractivity contribution >= 4 is 45.4 Å². The molecule has 2 N–H and O–H groups in total. The molecule has 2 unspecified atom stereocenters. The molecule has 0 saturated carbocycles. The van der Waals surface area contributed by atoms with E-state index in [2.05, 4.69) is 94.9 Å². The normalized spacial score (nSPS) is 19.9. The van der Waals surface area contributed by atoms with Gasteiger partial charge in [0.05, 0.1) is 22.8 Å². The SMILES string of the molecule is C1=Cc2cc3ccc(cc4ccc(cc5nc(cc1n2)C1=C5C2CCC1c1ccccc12)[nH]4)[nH]3. The molecule has 0 radical (unpaired) electrons. The number of rotatable bonds is 0. The van der Waals surface area contributed by atoms with E-state index in [1.807, 2.05) is 0 Å². The van der Waals surface area contributed by atoms with E-state index in [1.165, 1.54) is 35.1 Å². The van der Waals surface area contributed by atoms with Gasteiger partial charge in [0.25, 0.3) is 0 Å². The predicted molar refractivity (Wildman–Crippen MR) is 138 cm³/mol. The largest absolute Gasteiger partial charge is 0.355 e. The van der Waals surface area contributed by atoms with Crippen molar-refractivity contribution in [1.82, 2.24) is 19.9 Å². The summed E-state index contributed by atoms with van der Waals surface area (Å²) in [6.45, 7) is 0. The van der Waals surface area contributed by atoms with Crippen molar-refractivity contribution < 1.29 is 0 Å². The number of aromatic nitrogens is 4. The maximum absolute atomic E-state index is 5.23. The first kappa shape index (κ1) is 18.3. The first-order chi connectivity index (χ1) is 16.8. The average molecular weight is 439 g/mol. The lowest BCUT2D eigenvalue weighted by atomic mass is 9.63. The molecule has 4 heteroatoms. The van der Waals surface area contributed by atoms with Crippen molar-refractivity contribution in [1.29, 1.82) is 0 Å². The molecule has 5 heterocycles. The van der Waals surface area contributed by atoms with Crippen LogP contribution in [0.4, 0.5) is 0 Å². The van der Waals surface area contributed by atoms with E-state index in [0.717, 1.165) is 44.8 Å². The summed E-state index contributed by atoms with van der Waals surface area (Å²) in [5, 5.41) is 0. The summed E-state index contributed by atoms with van der Waals surface area (Å²) in [5.41, 5.74) is 14.1. The summed E-state index contributed by atoms with van der Waals surface area (Å²) >= 11 is 0. The number of nitrogens with one attached hydrogen (secondary N) is 2. The van der Waals surface area contributed by atoms with E-state index in [4.69, 9.17) is 9.97 Å². The van der Waals surface area contributed by atoms with Gasteiger partial charge in [-0.3, -0.25) is 0 Å². The van der Waals surface area contributed by atoms with Crippen LogP contribution in [0.25, 0.3) is 45.4 Å². The highest BCUT2D eigenvalue weighted by Gasteiger charge is 2.42. The molecule has 0 spiro atoms. The first-order valence-corrected chi connectivity index (χ1v) is 12.0. The minimum absolute atomic E-state index is 0.407. The molecular weight excluding hydrogens is 416 g/mol. The van der Waals surface area contributed by atoms with E-state index in [9.17, 15) is 0 Å². The third kappa shape index (κ3) is 2.65. The van der Waals surface area contributed by atoms with Crippen molar-refractivity contribution in [2.75, 3.05) is 0 Å². The predicted octanol–water partition coefficient (Wildman–Crippen LogP) is 7.07. The van der Waals surface area contributed by atoms with Gasteiger partial charge in [-0.1, -0.05) is 24.3 Å². The zero-order valence-electron chi connectivity index (χ0n) is 18.5. The van der Waals surface area contributed by atoms with E-state index < -0.39 is 0 Å². The van der Waals surface area contributed by atoms with Crippen molar-refractivity contribution in [3.05, 3.63) is 107 Å². The van der Waals surface area contributed by atoms with E-state index >= 15 is 0 Å². The molecule has 3 aromatic heterocycles. The molecule has 34 heavy (non-hydrogen) atoms. The van der Waals surface area contributed by atoms with Crippen molar-refractivity contribution in [3.63, 3.8) is 0 Å². The summed E-state index contributed by atoms with van der Waals surface area (Å²) in [4.78, 5) is 17.1. The minimum Gasteiger partial charge on any atom is -0.355 e. The lowest BCUT2D eigenvalue weighted by molar-refractivity contribution is 0.580. The Bertz CT molecular complexity index is 1730. The topological polar surface area (TPSA) is 57.4 Å². The van der Waals surface area contributed by atoms with Crippen molar-refractivity contribution in [2.45, 2.75) is 24.7 Å². The summed E-state index contributed by atoms with van der Waals surface area (Å²) < 4.78 is 0. The van der Waals surface area contributed by atoms with Crippen molar-refractivity contribution in [3.8, 4) is 0 Å². The van der Waals surface area contributed by atoms with Gasteiger partial charge in [-0.2, -0.15) is 0 Å². The molecule has 0 fully saturated rings. The highest BCUT2D eigenvalue weighted by atomic mass is 14.8. The summed E-state index contributed by atoms with van der Waals surface area (Å²) in [5.74, 6) is 0.818. The van der Waals surface area contributed by atoms with Gasteiger partial charge in [-0.25, -0.2) is 9.97 Å². The number of hydrogen-bond donors (Lipinski definition) is 2. The monoisotopic (exact) mass is 438 g/mol. The number of fused-ring (bicyclic) bond motifs is 9. The first-order valence-electron chi connectivity index (χ1n) is 12.0. The second-order valence-corrected chi connectivity index (χ2v) is 9.63. The van der Waals surface area contributed by atoms with Gasteiger partial charge in [0.2, 0.25) is 0 Å². The molecule has 162 valence electrons. The van der Waals surface area contributed by atoms with Crippen LogP contribution in [0.15, 0.2) is 72.8 Å². The van der Waals surface area contributed by atoms with Crippen LogP contribution in [0.1, 0.15) is 58.6 Å². The molecule has 4 aromatic rings. The molecule has 2 aliphatic heterocycles. The van der Waals surface area contributed by atoms with E-state index in [-0.39, 0.29) is 0 Å². The smallest absolute Gasteiger partial charge is 0.0700 e. The number of allylic oxidation sites excluding steroid dienone is 2. The summed E-state index contributed by atoms with van der Waals surface area (Å²) in [7, 11) is 0. The molecule has 5 aliphatic rings. The summed E-state index contributed by atoms with van der Waals surface area (Å²) in [6, 6.07) is 26.1. The Morgan fingerprint density at radius 3 is 1.74 bits per heavy atom. The Hall–Kier alpha value is -4.18. The van der Waals surface area contributed by atoms with Gasteiger partial charge >= 0.3 is 0 Å². The zero-order chi connectivity index (χ0) is 22.2. The maximum Gasteiger partial charge on any atom is 0.0700 e. The molecule has 4 nitrogen and oxygen atoms in total. The Labute approximate surface area is 196 Å². The lowest BCUT2D eigenvalue weighted by Gasteiger charge is -2.39. The van der Waals surface area contributed by atoms with Crippen LogP contribution >= 0.6 is 0 Å². The van der Waals surface area contributed by atoms with E-state index in [1.54, 1.807) is 0 Å². The third-order valence-corrected chi connectivity index (χ3v) is 7.61. The van der Waals surface area contributed by atoms with Crippen LogP contribution < -0.4 is 0 Å². The lowest BCUT2D eigenvalue weighted by Crippen LogP contribution is -2.22. The molecular formula is C30H22N4. The fraction of sp³-hybridized carbons (Fsp3) is 0.133. The van der Waals surface area contributed by atoms with Crippen molar-refractivity contribution in [2.24, 2.45) is 0 Å². The highest BCUT2D eigenvalue weighted by Crippen LogP contribution is 2.59. The molecule has 2 atom stereocenters. The van der Waals surface area contributed by atoms with Gasteiger partial charge in [0.15, 0.2) is 0 Å². The fourth-order valence-corrected chi connectivity index (χ4v) is 6.23. The van der Waals surface area contributed by atoms with Gasteiger partial charge in [0.1, 0.15) is 0 Å². The highest BCUT2D eigenvalue weighted by molar-refractivity contribution is 6.01. The van der Waals surface area contributed by atoms with Crippen LogP contribution in [0.2, 0.25) is 0 Å². The number of aromatic amines is 2. The maximum atomic E-state index is 5.23. The van der Waals surface area contributed by atoms with Crippen LogP contribution in [0.3, 0.4) is 0 Å². The molecule has 0 amide bonds. The average Bonchev–Trinajstić information content (AvgIpc) is 3.65. The van der Waals surface area contributed by atoms with Gasteiger partial charge < -0.3 is 9.97 Å². The van der Waals surface area contributed by atoms with E-state index in [0.29, 0.717) is 11.8 Å². The van der Waals surface area contributed by atoms with Crippen LogP contribution in [0, 0.1) is 0 Å². The zero-order valence-corrected chi connectivity index (χ0v) is 18.5. The minimum atomic E-state index is 0.407. The number of benzene rings is 1. The fourth-order valence-electron chi connectivity index (χ4n) is 6.23. The Kier molecular flexibility index (Phi) is 3.59.